The van der Waals surface area contributed by atoms with Crippen molar-refractivity contribution < 1.29 is 0 Å². The minimum atomic E-state index is -0.0435. The van der Waals surface area contributed by atoms with Crippen molar-refractivity contribution in [3.05, 3.63) is 209 Å². The fourth-order valence-corrected chi connectivity index (χ4v) is 6.85. The number of fused-ring (bicyclic) bond motifs is 4. The Labute approximate surface area is 281 Å². The largest absolute Gasteiger partial charge is 0.398 e. The summed E-state index contributed by atoms with van der Waals surface area (Å²) in [5, 5.41) is 3.41. The van der Waals surface area contributed by atoms with Gasteiger partial charge in [-0.2, -0.15) is 0 Å². The van der Waals surface area contributed by atoms with Crippen molar-refractivity contribution in [1.29, 1.82) is 0 Å². The van der Waals surface area contributed by atoms with Crippen molar-refractivity contribution in [2.24, 2.45) is 5.73 Å². The Kier molecular flexibility index (Phi) is 7.56. The standard InChI is InChI=1S/C45H35N3/c1-32-28-41-39-25-12-14-27-44(39)48(45(41)31-47(36-21-9-4-10-22-36)43-26-13-11-24-38(32)43)37-23-15-20-35(29-37)40(33-16-5-2-6-17-33)30-42(46)34-18-7-3-8-19-34/h2-31,40H,1,46H2/b41-28-,42-30-,45-31+. The molecule has 230 valence electrons. The maximum absolute atomic E-state index is 6.76. The number of hydrogen-bond donors (Lipinski definition) is 1. The second kappa shape index (κ2) is 12.5. The molecule has 0 radical (unpaired) electrons. The minimum absolute atomic E-state index is 0.0435. The second-order valence-corrected chi connectivity index (χ2v) is 12.1. The van der Waals surface area contributed by atoms with Crippen LogP contribution in [0.3, 0.4) is 0 Å². The van der Waals surface area contributed by atoms with Crippen LogP contribution in [0.25, 0.3) is 40.1 Å². The average Bonchev–Trinajstić information content (AvgIpc) is 3.45. The lowest BCUT2D eigenvalue weighted by Crippen LogP contribution is -2.33. The molecule has 1 aromatic heterocycles. The van der Waals surface area contributed by atoms with Gasteiger partial charge in [0, 0.05) is 45.4 Å². The molecule has 0 fully saturated rings. The van der Waals surface area contributed by atoms with Crippen molar-refractivity contribution in [3.8, 4) is 5.69 Å². The van der Waals surface area contributed by atoms with Crippen molar-refractivity contribution in [3.63, 3.8) is 0 Å². The smallest absolute Gasteiger partial charge is 0.0707 e. The van der Waals surface area contributed by atoms with E-state index in [2.05, 4.69) is 180 Å². The van der Waals surface area contributed by atoms with E-state index in [0.29, 0.717) is 0 Å². The molecular formula is C45H35N3. The molecule has 2 N–H and O–H groups in total. The Balaban J connectivity index is 1.38. The number of aromatic nitrogens is 1. The summed E-state index contributed by atoms with van der Waals surface area (Å²) in [5.41, 5.74) is 17.3. The van der Waals surface area contributed by atoms with Crippen LogP contribution >= 0.6 is 0 Å². The quantitative estimate of drug-likeness (QED) is 0.202. The third kappa shape index (κ3) is 5.32. The minimum Gasteiger partial charge on any atom is -0.398 e. The zero-order chi connectivity index (χ0) is 32.5. The van der Waals surface area contributed by atoms with Crippen LogP contribution in [0.5, 0.6) is 0 Å². The number of nitrogens with two attached hydrogens (primary N) is 1. The molecule has 6 aromatic carbocycles. The maximum Gasteiger partial charge on any atom is 0.0707 e. The lowest BCUT2D eigenvalue weighted by Gasteiger charge is -2.25. The van der Waals surface area contributed by atoms with E-state index in [1.165, 1.54) is 10.9 Å². The highest BCUT2D eigenvalue weighted by Crippen LogP contribution is 2.35. The summed E-state index contributed by atoms with van der Waals surface area (Å²) in [6.07, 6.45) is 6.70. The van der Waals surface area contributed by atoms with E-state index in [9.17, 15) is 0 Å². The summed E-state index contributed by atoms with van der Waals surface area (Å²) in [5.74, 6) is -0.0435. The first-order valence-electron chi connectivity index (χ1n) is 16.3. The van der Waals surface area contributed by atoms with E-state index in [1.54, 1.807) is 0 Å². The summed E-state index contributed by atoms with van der Waals surface area (Å²) >= 11 is 0. The highest BCUT2D eigenvalue weighted by atomic mass is 15.1. The van der Waals surface area contributed by atoms with E-state index in [4.69, 9.17) is 5.73 Å². The molecule has 1 unspecified atom stereocenters. The van der Waals surface area contributed by atoms with Crippen molar-refractivity contribution in [2.45, 2.75) is 5.92 Å². The number of anilines is 2. The molecule has 0 saturated carbocycles. The number of allylic oxidation sites excluding steroid dienone is 2. The van der Waals surface area contributed by atoms with Crippen LogP contribution in [0.1, 0.15) is 28.2 Å². The van der Waals surface area contributed by atoms with Gasteiger partial charge < -0.3 is 15.2 Å². The maximum atomic E-state index is 6.76. The van der Waals surface area contributed by atoms with Crippen LogP contribution < -0.4 is 21.2 Å². The van der Waals surface area contributed by atoms with Crippen LogP contribution in [-0.4, -0.2) is 4.57 Å². The Morgan fingerprint density at radius 2 is 1.25 bits per heavy atom. The summed E-state index contributed by atoms with van der Waals surface area (Å²) in [4.78, 5) is 2.29. The molecule has 1 aliphatic heterocycles. The van der Waals surface area contributed by atoms with Crippen molar-refractivity contribution in [1.82, 2.24) is 4.57 Å². The van der Waals surface area contributed by atoms with Crippen molar-refractivity contribution >= 4 is 45.8 Å². The number of nitrogens with zero attached hydrogens (tertiary/aromatic N) is 2. The summed E-state index contributed by atoms with van der Waals surface area (Å²) in [7, 11) is 0. The lowest BCUT2D eigenvalue weighted by atomic mass is 9.89. The molecule has 3 heteroatoms. The predicted molar refractivity (Wildman–Crippen MR) is 202 cm³/mol. The third-order valence-electron chi connectivity index (χ3n) is 9.17. The first-order valence-corrected chi connectivity index (χ1v) is 16.3. The topological polar surface area (TPSA) is 34.2 Å². The van der Waals surface area contributed by atoms with Gasteiger partial charge in [-0.1, -0.05) is 134 Å². The molecule has 3 nitrogen and oxygen atoms in total. The molecule has 0 spiro atoms. The first kappa shape index (κ1) is 29.1. The lowest BCUT2D eigenvalue weighted by molar-refractivity contribution is 1.00. The van der Waals surface area contributed by atoms with Crippen molar-refractivity contribution in [2.75, 3.05) is 4.90 Å². The zero-order valence-corrected chi connectivity index (χ0v) is 26.6. The van der Waals surface area contributed by atoms with E-state index in [0.717, 1.165) is 61.1 Å². The van der Waals surface area contributed by atoms with Gasteiger partial charge >= 0.3 is 0 Å². The molecule has 8 rings (SSSR count). The Morgan fingerprint density at radius 1 is 0.625 bits per heavy atom. The number of para-hydroxylation sites is 3. The molecule has 1 aliphatic rings. The van der Waals surface area contributed by atoms with E-state index >= 15 is 0 Å². The molecule has 48 heavy (non-hydrogen) atoms. The van der Waals surface area contributed by atoms with Crippen LogP contribution in [0.2, 0.25) is 0 Å². The molecule has 0 saturated heterocycles. The fraction of sp³-hybridized carbons (Fsp3) is 0.0222. The molecule has 0 aliphatic carbocycles. The van der Waals surface area contributed by atoms with E-state index in [1.807, 2.05) is 18.2 Å². The van der Waals surface area contributed by atoms with Gasteiger partial charge in [0.05, 0.1) is 16.6 Å². The van der Waals surface area contributed by atoms with Crippen LogP contribution in [0.15, 0.2) is 176 Å². The van der Waals surface area contributed by atoms with Gasteiger partial charge in [0.2, 0.25) is 0 Å². The Bertz CT molecular complexity index is 2420. The Hall–Kier alpha value is -6.32. The highest BCUT2D eigenvalue weighted by molar-refractivity contribution is 5.99. The Morgan fingerprint density at radius 3 is 2.04 bits per heavy atom. The van der Waals surface area contributed by atoms with Gasteiger partial charge in [-0.15, -0.1) is 0 Å². The number of benzene rings is 6. The molecule has 2 heterocycles. The number of rotatable bonds is 6. The second-order valence-electron chi connectivity index (χ2n) is 12.1. The SMILES string of the molecule is C=C1/C=c2\c(n(-c3cccc(C(/C=C(\N)c4ccccc4)c4ccccc4)c3)c3ccccc23)=C/N(c2ccccc2)c2ccccc21. The molecular weight excluding hydrogens is 583 g/mol. The monoisotopic (exact) mass is 617 g/mol. The summed E-state index contributed by atoms with van der Waals surface area (Å²) < 4.78 is 2.38. The van der Waals surface area contributed by atoms with Crippen LogP contribution in [0.4, 0.5) is 11.4 Å². The molecule has 0 amide bonds. The average molecular weight is 618 g/mol. The summed E-state index contributed by atoms with van der Waals surface area (Å²) in [6.45, 7) is 4.57. The van der Waals surface area contributed by atoms with Gasteiger partial charge in [-0.05, 0) is 70.8 Å². The van der Waals surface area contributed by atoms with Crippen LogP contribution in [0, 0.1) is 0 Å². The first-order chi connectivity index (χ1) is 23.7. The molecule has 7 aromatic rings. The van der Waals surface area contributed by atoms with Crippen LogP contribution in [-0.2, 0) is 0 Å². The van der Waals surface area contributed by atoms with Gasteiger partial charge in [-0.25, -0.2) is 0 Å². The summed E-state index contributed by atoms with van der Waals surface area (Å²) in [6, 6.07) is 57.3. The highest BCUT2D eigenvalue weighted by Gasteiger charge is 2.20. The van der Waals surface area contributed by atoms with E-state index < -0.39 is 0 Å². The third-order valence-corrected chi connectivity index (χ3v) is 9.17. The van der Waals surface area contributed by atoms with Gasteiger partial charge in [0.1, 0.15) is 0 Å². The molecule has 0 bridgehead atoms. The zero-order valence-electron chi connectivity index (χ0n) is 26.6. The van der Waals surface area contributed by atoms with Gasteiger partial charge in [-0.3, -0.25) is 0 Å². The number of hydrogen-bond acceptors (Lipinski definition) is 2. The predicted octanol–water partition coefficient (Wildman–Crippen LogP) is 9.15. The molecule has 1 atom stereocenters. The van der Waals surface area contributed by atoms with E-state index in [-0.39, 0.29) is 5.92 Å². The normalized spacial score (nSPS) is 14.9. The van der Waals surface area contributed by atoms with Gasteiger partial charge in [0.15, 0.2) is 0 Å². The van der Waals surface area contributed by atoms with Gasteiger partial charge in [0.25, 0.3) is 0 Å². The fourth-order valence-electron chi connectivity index (χ4n) is 6.85.